The molecule has 0 N–H and O–H groups in total. The second-order valence-electron chi connectivity index (χ2n) is 12.9. The quantitative estimate of drug-likeness (QED) is 0.0734. The van der Waals surface area contributed by atoms with Crippen LogP contribution in [-0.2, 0) is 67.1 Å². The van der Waals surface area contributed by atoms with Crippen LogP contribution in [0.3, 0.4) is 0 Å². The lowest BCUT2D eigenvalue weighted by atomic mass is 9.93. The molecule has 18 heteroatoms. The van der Waals surface area contributed by atoms with Crippen LogP contribution < -0.4 is 14.2 Å². The summed E-state index contributed by atoms with van der Waals surface area (Å²) >= 11 is 0. The molecule has 0 heterocycles. The van der Waals surface area contributed by atoms with Crippen molar-refractivity contribution in [3.8, 4) is 17.2 Å². The molecule has 1 aliphatic carbocycles. The van der Waals surface area contributed by atoms with E-state index in [1.807, 2.05) is 0 Å². The molecule has 306 valence electrons. The number of hydrogen-bond acceptors (Lipinski definition) is 15. The SMILES string of the molecule is CCOC(=O)COc1c2cc([N+](=O)[O-])cc1CCCc1cc([N+](=O)[O-])cc(c1OCC(=O)OCC)CCCc1cc([N+](=O)[O-])cc(c1OCC(=O)OCC)CCC2. The van der Waals surface area contributed by atoms with Gasteiger partial charge in [0.2, 0.25) is 0 Å². The molecule has 0 radical (unpaired) electrons. The molecule has 18 nitrogen and oxygen atoms in total. The Balaban J connectivity index is 1.92. The highest BCUT2D eigenvalue weighted by atomic mass is 16.6. The molecule has 0 spiro atoms. The summed E-state index contributed by atoms with van der Waals surface area (Å²) in [7, 11) is 0. The van der Waals surface area contributed by atoms with Crippen molar-refractivity contribution in [2.75, 3.05) is 39.6 Å². The lowest BCUT2D eigenvalue weighted by Gasteiger charge is -2.19. The summed E-state index contributed by atoms with van der Waals surface area (Å²) in [5, 5.41) is 36.5. The molecule has 4 rings (SSSR count). The van der Waals surface area contributed by atoms with E-state index in [1.165, 1.54) is 36.4 Å². The summed E-state index contributed by atoms with van der Waals surface area (Å²) in [5.41, 5.74) is 1.60. The van der Waals surface area contributed by atoms with Gasteiger partial charge in [0.1, 0.15) is 17.2 Å². The molecule has 3 aromatic rings. The Morgan fingerprint density at radius 1 is 0.456 bits per heavy atom. The number of nitro groups is 3. The zero-order valence-electron chi connectivity index (χ0n) is 32.0. The average Bonchev–Trinajstić information content (AvgIpc) is 3.16. The van der Waals surface area contributed by atoms with Crippen LogP contribution in [0.15, 0.2) is 36.4 Å². The molecular formula is C39H45N3O15. The molecular weight excluding hydrogens is 750 g/mol. The molecule has 3 aromatic carbocycles. The summed E-state index contributed by atoms with van der Waals surface area (Å²) in [6, 6.07) is 8.04. The molecule has 0 saturated carbocycles. The van der Waals surface area contributed by atoms with E-state index in [0.29, 0.717) is 52.6 Å². The molecule has 0 fully saturated rings. The van der Waals surface area contributed by atoms with Gasteiger partial charge in [0, 0.05) is 69.8 Å². The van der Waals surface area contributed by atoms with Crippen LogP contribution in [0.1, 0.15) is 73.4 Å². The van der Waals surface area contributed by atoms with Crippen LogP contribution in [0.4, 0.5) is 17.1 Å². The summed E-state index contributed by atoms with van der Waals surface area (Å²) in [5.74, 6) is -1.35. The van der Waals surface area contributed by atoms with Gasteiger partial charge in [-0.1, -0.05) is 0 Å². The molecule has 0 aliphatic heterocycles. The standard InChI is InChI=1S/C39H45N3O15/c1-4-52-34(43)22-55-37-25-10-7-12-27-18-32(41(48)49)20-29(38(27)56-23-35(44)53-5-2)14-9-15-30-21-33(42(50)51)19-28(39(30)57-24-36(45)54-6-3)13-8-11-26(37)17-31(16-25)40(46)47/h16-21H,4-15,22-24H2,1-3H3. The van der Waals surface area contributed by atoms with Crippen LogP contribution >= 0.6 is 0 Å². The van der Waals surface area contributed by atoms with Crippen molar-refractivity contribution in [2.45, 2.75) is 78.6 Å². The van der Waals surface area contributed by atoms with Crippen molar-refractivity contribution in [1.29, 1.82) is 0 Å². The zero-order valence-corrected chi connectivity index (χ0v) is 32.0. The van der Waals surface area contributed by atoms with Crippen LogP contribution in [-0.4, -0.2) is 72.3 Å². The van der Waals surface area contributed by atoms with E-state index in [-0.39, 0.29) is 92.7 Å². The topological polar surface area (TPSA) is 236 Å². The second kappa shape index (κ2) is 21.1. The van der Waals surface area contributed by atoms with E-state index in [2.05, 4.69) is 0 Å². The van der Waals surface area contributed by atoms with Gasteiger partial charge in [-0.3, -0.25) is 30.3 Å². The third kappa shape index (κ3) is 12.3. The lowest BCUT2D eigenvalue weighted by Crippen LogP contribution is -2.17. The number of benzene rings is 3. The van der Waals surface area contributed by atoms with Gasteiger partial charge in [-0.2, -0.15) is 0 Å². The fraction of sp³-hybridized carbons (Fsp3) is 0.462. The normalized spacial score (nSPS) is 12.9. The molecule has 6 bridgehead atoms. The first-order chi connectivity index (χ1) is 27.3. The predicted molar refractivity (Wildman–Crippen MR) is 202 cm³/mol. The summed E-state index contributed by atoms with van der Waals surface area (Å²) in [6.45, 7) is 3.71. The molecule has 57 heavy (non-hydrogen) atoms. The number of esters is 3. The minimum absolute atomic E-state index is 0.0969. The predicted octanol–water partition coefficient (Wildman–Crippen LogP) is 6.08. The van der Waals surface area contributed by atoms with E-state index in [1.54, 1.807) is 20.8 Å². The maximum Gasteiger partial charge on any atom is 0.344 e. The van der Waals surface area contributed by atoms with Crippen LogP contribution in [0.2, 0.25) is 0 Å². The van der Waals surface area contributed by atoms with Crippen molar-refractivity contribution in [3.05, 3.63) is 100 Å². The van der Waals surface area contributed by atoms with Gasteiger partial charge in [-0.05, 0) is 78.6 Å². The van der Waals surface area contributed by atoms with Crippen molar-refractivity contribution < 1.29 is 57.6 Å². The Morgan fingerprint density at radius 2 is 0.667 bits per heavy atom. The Hall–Kier alpha value is -6.33. The summed E-state index contributed by atoms with van der Waals surface area (Å²) in [6.07, 6.45) is 1.89. The zero-order chi connectivity index (χ0) is 41.5. The maximum absolute atomic E-state index is 12.4. The number of aryl methyl sites for hydroxylation is 6. The van der Waals surface area contributed by atoms with E-state index >= 15 is 0 Å². The molecule has 0 atom stereocenters. The maximum atomic E-state index is 12.4. The van der Waals surface area contributed by atoms with E-state index in [9.17, 15) is 44.7 Å². The average molecular weight is 796 g/mol. The van der Waals surface area contributed by atoms with Gasteiger partial charge in [0.25, 0.3) is 17.1 Å². The number of rotatable bonds is 15. The van der Waals surface area contributed by atoms with E-state index in [4.69, 9.17) is 28.4 Å². The Kier molecular flexibility index (Phi) is 16.1. The number of ether oxygens (including phenoxy) is 6. The molecule has 1 aliphatic rings. The minimum atomic E-state index is -0.665. The number of hydrogen-bond donors (Lipinski definition) is 0. The van der Waals surface area contributed by atoms with Gasteiger partial charge >= 0.3 is 17.9 Å². The third-order valence-corrected chi connectivity index (χ3v) is 8.91. The first-order valence-corrected chi connectivity index (χ1v) is 18.6. The molecule has 0 amide bonds. The lowest BCUT2D eigenvalue weighted by molar-refractivity contribution is -0.385. The van der Waals surface area contributed by atoms with Crippen LogP contribution in [0.25, 0.3) is 0 Å². The second-order valence-corrected chi connectivity index (χ2v) is 12.9. The number of fused-ring (bicyclic) bond motifs is 6. The summed E-state index contributed by atoms with van der Waals surface area (Å²) < 4.78 is 33.1. The molecule has 0 saturated heterocycles. The van der Waals surface area contributed by atoms with Crippen molar-refractivity contribution in [2.24, 2.45) is 0 Å². The fourth-order valence-electron chi connectivity index (χ4n) is 6.60. The van der Waals surface area contributed by atoms with Gasteiger partial charge in [-0.15, -0.1) is 0 Å². The number of nitrogens with zero attached hydrogens (tertiary/aromatic N) is 3. The number of non-ortho nitro benzene ring substituents is 3. The highest BCUT2D eigenvalue weighted by molar-refractivity contribution is 5.72. The van der Waals surface area contributed by atoms with E-state index < -0.39 is 52.5 Å². The third-order valence-electron chi connectivity index (χ3n) is 8.91. The van der Waals surface area contributed by atoms with Gasteiger partial charge in [0.05, 0.1) is 34.6 Å². The van der Waals surface area contributed by atoms with Gasteiger partial charge in [-0.25, -0.2) is 14.4 Å². The monoisotopic (exact) mass is 795 g/mol. The Morgan fingerprint density at radius 3 is 0.842 bits per heavy atom. The van der Waals surface area contributed by atoms with Crippen molar-refractivity contribution >= 4 is 35.0 Å². The number of nitro benzene ring substituents is 3. The summed E-state index contributed by atoms with van der Waals surface area (Å²) in [4.78, 5) is 72.0. The van der Waals surface area contributed by atoms with Crippen molar-refractivity contribution in [1.82, 2.24) is 0 Å². The Bertz CT molecular complexity index is 1680. The van der Waals surface area contributed by atoms with Gasteiger partial charge in [0.15, 0.2) is 19.8 Å². The van der Waals surface area contributed by atoms with Crippen LogP contribution in [0, 0.1) is 30.3 Å². The minimum Gasteiger partial charge on any atom is -0.481 e. The number of carbonyl (C=O) groups is 3. The highest BCUT2D eigenvalue weighted by Gasteiger charge is 2.24. The molecule has 0 unspecified atom stereocenters. The van der Waals surface area contributed by atoms with Gasteiger partial charge < -0.3 is 28.4 Å². The highest BCUT2D eigenvalue weighted by Crippen LogP contribution is 2.37. The largest absolute Gasteiger partial charge is 0.481 e. The molecule has 0 aromatic heterocycles. The number of carbonyl (C=O) groups excluding carboxylic acids is 3. The fourth-order valence-corrected chi connectivity index (χ4v) is 6.60. The first-order valence-electron chi connectivity index (χ1n) is 18.6. The van der Waals surface area contributed by atoms with E-state index in [0.717, 1.165) is 0 Å². The Labute approximate surface area is 327 Å². The van der Waals surface area contributed by atoms with Crippen molar-refractivity contribution in [3.63, 3.8) is 0 Å². The first kappa shape index (κ1) is 43.4. The van der Waals surface area contributed by atoms with Crippen LogP contribution in [0.5, 0.6) is 17.2 Å². The smallest absolute Gasteiger partial charge is 0.344 e.